The zero-order chi connectivity index (χ0) is 11.5. The molecular weight excluding hydrogens is 291 g/mol. The third kappa shape index (κ3) is 2.31. The highest BCUT2D eigenvalue weighted by Gasteiger charge is 2.17. The Kier molecular flexibility index (Phi) is 3.68. The quantitative estimate of drug-likeness (QED) is 0.940. The second kappa shape index (κ2) is 5.03. The van der Waals surface area contributed by atoms with Crippen LogP contribution in [0, 0.1) is 5.82 Å². The molecule has 84 valence electrons. The van der Waals surface area contributed by atoms with Crippen LogP contribution in [0.4, 0.5) is 4.39 Å². The third-order valence-electron chi connectivity index (χ3n) is 2.30. The van der Waals surface area contributed by atoms with Gasteiger partial charge in [-0.15, -0.1) is 11.3 Å². The SMILES string of the molecule is CNC(c1cscn1)c1cc(Br)ccc1F. The van der Waals surface area contributed by atoms with Gasteiger partial charge in [0.2, 0.25) is 0 Å². The van der Waals surface area contributed by atoms with Gasteiger partial charge in [0.05, 0.1) is 17.2 Å². The van der Waals surface area contributed by atoms with Gasteiger partial charge in [0.25, 0.3) is 0 Å². The Hall–Kier alpha value is -0.780. The minimum absolute atomic E-state index is 0.205. The Bertz CT molecular complexity index is 473. The number of thiazole rings is 1. The third-order valence-corrected chi connectivity index (χ3v) is 3.40. The number of rotatable bonds is 3. The van der Waals surface area contributed by atoms with Crippen LogP contribution in [0.25, 0.3) is 0 Å². The lowest BCUT2D eigenvalue weighted by Crippen LogP contribution is -2.19. The summed E-state index contributed by atoms with van der Waals surface area (Å²) in [7, 11) is 1.80. The molecule has 0 aliphatic heterocycles. The van der Waals surface area contributed by atoms with Gasteiger partial charge < -0.3 is 5.32 Å². The molecule has 1 heterocycles. The number of nitrogens with one attached hydrogen (secondary N) is 1. The normalized spacial score (nSPS) is 12.7. The van der Waals surface area contributed by atoms with E-state index in [-0.39, 0.29) is 11.9 Å². The Morgan fingerprint density at radius 2 is 2.31 bits per heavy atom. The van der Waals surface area contributed by atoms with Crippen molar-refractivity contribution in [1.29, 1.82) is 0 Å². The van der Waals surface area contributed by atoms with Crippen LogP contribution in [-0.2, 0) is 0 Å². The van der Waals surface area contributed by atoms with Crippen molar-refractivity contribution in [2.24, 2.45) is 0 Å². The summed E-state index contributed by atoms with van der Waals surface area (Å²) in [4.78, 5) is 4.21. The van der Waals surface area contributed by atoms with Gasteiger partial charge in [-0.2, -0.15) is 0 Å². The molecule has 1 N–H and O–H groups in total. The first-order valence-electron chi connectivity index (χ1n) is 4.72. The fourth-order valence-corrected chi connectivity index (χ4v) is 2.52. The first kappa shape index (κ1) is 11.7. The van der Waals surface area contributed by atoms with Gasteiger partial charge >= 0.3 is 0 Å². The van der Waals surface area contributed by atoms with Crippen molar-refractivity contribution >= 4 is 27.3 Å². The van der Waals surface area contributed by atoms with Crippen molar-refractivity contribution in [3.05, 3.63) is 50.6 Å². The maximum absolute atomic E-state index is 13.7. The molecule has 2 aromatic rings. The van der Waals surface area contributed by atoms with E-state index in [1.54, 1.807) is 24.7 Å². The fraction of sp³-hybridized carbons (Fsp3) is 0.182. The van der Waals surface area contributed by atoms with Crippen molar-refractivity contribution in [3.8, 4) is 0 Å². The van der Waals surface area contributed by atoms with Gasteiger partial charge in [0.1, 0.15) is 5.82 Å². The molecule has 1 unspecified atom stereocenters. The van der Waals surface area contributed by atoms with Crippen LogP contribution in [-0.4, -0.2) is 12.0 Å². The second-order valence-electron chi connectivity index (χ2n) is 3.30. The topological polar surface area (TPSA) is 24.9 Å². The average molecular weight is 301 g/mol. The summed E-state index contributed by atoms with van der Waals surface area (Å²) in [5, 5.41) is 4.99. The van der Waals surface area contributed by atoms with Crippen molar-refractivity contribution in [1.82, 2.24) is 10.3 Å². The molecule has 0 spiro atoms. The molecule has 0 radical (unpaired) electrons. The maximum Gasteiger partial charge on any atom is 0.128 e. The minimum atomic E-state index is -0.226. The number of halogens is 2. The van der Waals surface area contributed by atoms with E-state index < -0.39 is 0 Å². The van der Waals surface area contributed by atoms with E-state index >= 15 is 0 Å². The number of nitrogens with zero attached hydrogens (tertiary/aromatic N) is 1. The van der Waals surface area contributed by atoms with Crippen molar-refractivity contribution in [2.45, 2.75) is 6.04 Å². The van der Waals surface area contributed by atoms with Gasteiger partial charge in [-0.05, 0) is 25.2 Å². The molecule has 0 fully saturated rings. The molecule has 5 heteroatoms. The van der Waals surface area contributed by atoms with Crippen LogP contribution < -0.4 is 5.32 Å². The number of hydrogen-bond acceptors (Lipinski definition) is 3. The number of aromatic nitrogens is 1. The predicted molar refractivity (Wildman–Crippen MR) is 67.1 cm³/mol. The monoisotopic (exact) mass is 300 g/mol. The molecule has 1 atom stereocenters. The molecule has 1 aromatic carbocycles. The minimum Gasteiger partial charge on any atom is -0.308 e. The molecule has 0 aliphatic carbocycles. The smallest absolute Gasteiger partial charge is 0.128 e. The molecule has 0 saturated heterocycles. The highest BCUT2D eigenvalue weighted by Crippen LogP contribution is 2.26. The van der Waals surface area contributed by atoms with Crippen molar-refractivity contribution in [3.63, 3.8) is 0 Å². The van der Waals surface area contributed by atoms with E-state index in [0.29, 0.717) is 5.56 Å². The van der Waals surface area contributed by atoms with Crippen LogP contribution in [0.5, 0.6) is 0 Å². The summed E-state index contributed by atoms with van der Waals surface area (Å²) < 4.78 is 14.6. The molecular formula is C11H10BrFN2S. The maximum atomic E-state index is 13.7. The van der Waals surface area contributed by atoms with Gasteiger partial charge in [-0.3, -0.25) is 0 Å². The lowest BCUT2D eigenvalue weighted by molar-refractivity contribution is 0.571. The van der Waals surface area contributed by atoms with Crippen LogP contribution in [0.15, 0.2) is 33.6 Å². The Balaban J connectivity index is 2.44. The van der Waals surface area contributed by atoms with Crippen LogP contribution in [0.3, 0.4) is 0 Å². The van der Waals surface area contributed by atoms with E-state index in [4.69, 9.17) is 0 Å². The largest absolute Gasteiger partial charge is 0.308 e. The highest BCUT2D eigenvalue weighted by atomic mass is 79.9. The lowest BCUT2D eigenvalue weighted by Gasteiger charge is -2.15. The Labute approximate surface area is 106 Å². The fourth-order valence-electron chi connectivity index (χ4n) is 1.56. The molecule has 0 bridgehead atoms. The van der Waals surface area contributed by atoms with Gasteiger partial charge in [0.15, 0.2) is 0 Å². The number of hydrogen-bond donors (Lipinski definition) is 1. The van der Waals surface area contributed by atoms with Crippen LogP contribution >= 0.6 is 27.3 Å². The van der Waals surface area contributed by atoms with Crippen LogP contribution in [0.2, 0.25) is 0 Å². The van der Waals surface area contributed by atoms with Crippen molar-refractivity contribution in [2.75, 3.05) is 7.05 Å². The molecule has 2 rings (SSSR count). The van der Waals surface area contributed by atoms with E-state index in [9.17, 15) is 4.39 Å². The summed E-state index contributed by atoms with van der Waals surface area (Å²) in [6.07, 6.45) is 0. The lowest BCUT2D eigenvalue weighted by atomic mass is 10.0. The first-order chi connectivity index (χ1) is 7.72. The summed E-state index contributed by atoms with van der Waals surface area (Å²) in [5.74, 6) is -0.226. The molecule has 0 saturated carbocycles. The molecule has 2 nitrogen and oxygen atoms in total. The zero-order valence-electron chi connectivity index (χ0n) is 8.58. The average Bonchev–Trinajstić information content (AvgIpc) is 2.78. The standard InChI is InChI=1S/C11H10BrFN2S/c1-14-11(10-5-16-6-15-10)8-4-7(12)2-3-9(8)13/h2-6,11,14H,1H3. The predicted octanol–water partition coefficient (Wildman–Crippen LogP) is 3.35. The Morgan fingerprint density at radius 3 is 2.94 bits per heavy atom. The van der Waals surface area contributed by atoms with Gasteiger partial charge in [-0.1, -0.05) is 15.9 Å². The summed E-state index contributed by atoms with van der Waals surface area (Å²) in [5.41, 5.74) is 3.18. The molecule has 1 aromatic heterocycles. The summed E-state index contributed by atoms with van der Waals surface area (Å²) >= 11 is 4.85. The summed E-state index contributed by atoms with van der Waals surface area (Å²) in [6, 6.07) is 4.71. The molecule has 0 aliphatic rings. The Morgan fingerprint density at radius 1 is 1.50 bits per heavy atom. The van der Waals surface area contributed by atoms with Gasteiger partial charge in [-0.25, -0.2) is 9.37 Å². The number of benzene rings is 1. The van der Waals surface area contributed by atoms with E-state index in [0.717, 1.165) is 10.2 Å². The van der Waals surface area contributed by atoms with E-state index in [1.165, 1.54) is 17.4 Å². The second-order valence-corrected chi connectivity index (χ2v) is 4.94. The zero-order valence-corrected chi connectivity index (χ0v) is 11.0. The van der Waals surface area contributed by atoms with Crippen molar-refractivity contribution < 1.29 is 4.39 Å². The van der Waals surface area contributed by atoms with Gasteiger partial charge in [0, 0.05) is 15.4 Å². The van der Waals surface area contributed by atoms with Crippen LogP contribution in [0.1, 0.15) is 17.3 Å². The molecule has 0 amide bonds. The van der Waals surface area contributed by atoms with E-state index in [1.807, 2.05) is 5.38 Å². The van der Waals surface area contributed by atoms with E-state index in [2.05, 4.69) is 26.2 Å². The summed E-state index contributed by atoms with van der Waals surface area (Å²) in [6.45, 7) is 0. The highest BCUT2D eigenvalue weighted by molar-refractivity contribution is 9.10. The molecule has 16 heavy (non-hydrogen) atoms. The first-order valence-corrected chi connectivity index (χ1v) is 6.46.